The zero-order chi connectivity index (χ0) is 13.0. The summed E-state index contributed by atoms with van der Waals surface area (Å²) in [4.78, 5) is 0. The smallest absolute Gasteiger partial charge is 0.0610 e. The molecule has 2 heteroatoms. The first-order valence-electron chi connectivity index (χ1n) is 7.01. The maximum Gasteiger partial charge on any atom is 0.0610 e. The molecule has 0 saturated carbocycles. The van der Waals surface area contributed by atoms with Crippen LogP contribution in [0.25, 0.3) is 0 Å². The van der Waals surface area contributed by atoms with Crippen molar-refractivity contribution >= 4 is 0 Å². The minimum Gasteiger partial charge on any atom is -0.392 e. The van der Waals surface area contributed by atoms with Crippen molar-refractivity contribution in [2.24, 2.45) is 5.92 Å². The van der Waals surface area contributed by atoms with Crippen LogP contribution >= 0.6 is 0 Å². The number of benzene rings is 1. The van der Waals surface area contributed by atoms with Crippen LogP contribution in [0, 0.1) is 5.92 Å². The molecule has 1 unspecified atom stereocenters. The number of hydrogen-bond acceptors (Lipinski definition) is 2. The van der Waals surface area contributed by atoms with Gasteiger partial charge in [-0.25, -0.2) is 0 Å². The fourth-order valence-corrected chi connectivity index (χ4v) is 2.55. The van der Waals surface area contributed by atoms with Crippen LogP contribution in [0.3, 0.4) is 0 Å². The molecule has 2 nitrogen and oxygen atoms in total. The molecule has 1 atom stereocenters. The lowest BCUT2D eigenvalue weighted by atomic mass is 9.89. The topological polar surface area (TPSA) is 29.5 Å². The third kappa shape index (κ3) is 3.56. The highest BCUT2D eigenvalue weighted by atomic mass is 16.5. The minimum absolute atomic E-state index is 0.223. The predicted octanol–water partition coefficient (Wildman–Crippen LogP) is 3.14. The van der Waals surface area contributed by atoms with Gasteiger partial charge in [0.05, 0.1) is 6.10 Å². The Labute approximate surface area is 110 Å². The fourth-order valence-electron chi connectivity index (χ4n) is 2.55. The van der Waals surface area contributed by atoms with Gasteiger partial charge in [0.1, 0.15) is 0 Å². The van der Waals surface area contributed by atoms with E-state index in [0.29, 0.717) is 11.8 Å². The zero-order valence-electron chi connectivity index (χ0n) is 11.4. The third-order valence-electron chi connectivity index (χ3n) is 3.90. The molecule has 0 radical (unpaired) electrons. The molecule has 0 bridgehead atoms. The zero-order valence-corrected chi connectivity index (χ0v) is 11.4. The van der Waals surface area contributed by atoms with Gasteiger partial charge in [-0.3, -0.25) is 0 Å². The molecule has 0 amide bonds. The standard InChI is InChI=1S/C16H24O2/c1-12(2)14-5-3-13(4-6-14)11-16(17)15-7-9-18-10-8-15/h3-6,12,15-17H,7-11H2,1-2H3. The lowest BCUT2D eigenvalue weighted by Gasteiger charge is -2.26. The van der Waals surface area contributed by atoms with Gasteiger partial charge in [-0.1, -0.05) is 38.1 Å². The summed E-state index contributed by atoms with van der Waals surface area (Å²) in [5.74, 6) is 0.975. The third-order valence-corrected chi connectivity index (χ3v) is 3.90. The van der Waals surface area contributed by atoms with Crippen molar-refractivity contribution in [2.75, 3.05) is 13.2 Å². The molecule has 1 aromatic rings. The van der Waals surface area contributed by atoms with Gasteiger partial charge < -0.3 is 9.84 Å². The maximum atomic E-state index is 10.3. The van der Waals surface area contributed by atoms with Crippen molar-refractivity contribution in [1.29, 1.82) is 0 Å². The van der Waals surface area contributed by atoms with Crippen LogP contribution in [-0.4, -0.2) is 24.4 Å². The van der Waals surface area contributed by atoms with Gasteiger partial charge in [-0.05, 0) is 42.2 Å². The normalized spacial score (nSPS) is 19.1. The highest BCUT2D eigenvalue weighted by Gasteiger charge is 2.22. The highest BCUT2D eigenvalue weighted by molar-refractivity contribution is 5.25. The van der Waals surface area contributed by atoms with Crippen molar-refractivity contribution in [2.45, 2.75) is 45.1 Å². The average Bonchev–Trinajstić information content (AvgIpc) is 2.40. The molecule has 0 aromatic heterocycles. The fraction of sp³-hybridized carbons (Fsp3) is 0.625. The van der Waals surface area contributed by atoms with Crippen LogP contribution in [0.2, 0.25) is 0 Å². The monoisotopic (exact) mass is 248 g/mol. The van der Waals surface area contributed by atoms with E-state index in [1.165, 1.54) is 11.1 Å². The van der Waals surface area contributed by atoms with Crippen molar-refractivity contribution in [3.8, 4) is 0 Å². The summed E-state index contributed by atoms with van der Waals surface area (Å²) in [5.41, 5.74) is 2.60. The molecule has 0 aliphatic carbocycles. The summed E-state index contributed by atoms with van der Waals surface area (Å²) in [6.45, 7) is 6.00. The molecular formula is C16H24O2. The van der Waals surface area contributed by atoms with Gasteiger partial charge in [0.2, 0.25) is 0 Å². The molecule has 18 heavy (non-hydrogen) atoms. The lowest BCUT2D eigenvalue weighted by Crippen LogP contribution is -2.28. The van der Waals surface area contributed by atoms with Gasteiger partial charge in [-0.15, -0.1) is 0 Å². The van der Waals surface area contributed by atoms with E-state index in [2.05, 4.69) is 38.1 Å². The number of rotatable bonds is 4. The Morgan fingerprint density at radius 3 is 2.33 bits per heavy atom. The van der Waals surface area contributed by atoms with E-state index in [4.69, 9.17) is 4.74 Å². The van der Waals surface area contributed by atoms with Crippen LogP contribution in [0.5, 0.6) is 0 Å². The van der Waals surface area contributed by atoms with Crippen molar-refractivity contribution in [3.05, 3.63) is 35.4 Å². The van der Waals surface area contributed by atoms with Crippen molar-refractivity contribution in [1.82, 2.24) is 0 Å². The first kappa shape index (κ1) is 13.6. The summed E-state index contributed by atoms with van der Waals surface area (Å²) in [6, 6.07) is 8.66. The van der Waals surface area contributed by atoms with E-state index in [0.717, 1.165) is 32.5 Å². The van der Waals surface area contributed by atoms with Gasteiger partial charge >= 0.3 is 0 Å². The molecule has 2 rings (SSSR count). The van der Waals surface area contributed by atoms with E-state index in [1.807, 2.05) is 0 Å². The summed E-state index contributed by atoms with van der Waals surface area (Å²) in [5, 5.41) is 10.3. The van der Waals surface area contributed by atoms with E-state index in [9.17, 15) is 5.11 Å². The van der Waals surface area contributed by atoms with Crippen LogP contribution < -0.4 is 0 Å². The van der Waals surface area contributed by atoms with Gasteiger partial charge in [0.15, 0.2) is 0 Å². The largest absolute Gasteiger partial charge is 0.392 e. The van der Waals surface area contributed by atoms with Gasteiger partial charge in [0.25, 0.3) is 0 Å². The Hall–Kier alpha value is -0.860. The lowest BCUT2D eigenvalue weighted by molar-refractivity contribution is 0.00839. The number of aliphatic hydroxyl groups is 1. The second-order valence-corrected chi connectivity index (χ2v) is 5.62. The van der Waals surface area contributed by atoms with E-state index in [-0.39, 0.29) is 6.10 Å². The van der Waals surface area contributed by atoms with Gasteiger partial charge in [-0.2, -0.15) is 0 Å². The molecule has 0 spiro atoms. The van der Waals surface area contributed by atoms with E-state index in [1.54, 1.807) is 0 Å². The van der Waals surface area contributed by atoms with Crippen molar-refractivity contribution < 1.29 is 9.84 Å². The molecule has 1 heterocycles. The Bertz CT molecular complexity index is 350. The predicted molar refractivity (Wildman–Crippen MR) is 73.8 cm³/mol. The molecule has 1 aliphatic rings. The van der Waals surface area contributed by atoms with Crippen LogP contribution in [0.4, 0.5) is 0 Å². The second-order valence-electron chi connectivity index (χ2n) is 5.62. The Balaban J connectivity index is 1.91. The number of aliphatic hydroxyl groups excluding tert-OH is 1. The molecule has 1 N–H and O–H groups in total. The number of hydrogen-bond donors (Lipinski definition) is 1. The molecular weight excluding hydrogens is 224 g/mol. The summed E-state index contributed by atoms with van der Waals surface area (Å²) >= 11 is 0. The van der Waals surface area contributed by atoms with E-state index < -0.39 is 0 Å². The summed E-state index contributed by atoms with van der Waals surface area (Å²) in [7, 11) is 0. The van der Waals surface area contributed by atoms with Gasteiger partial charge in [0, 0.05) is 13.2 Å². The Morgan fingerprint density at radius 2 is 1.78 bits per heavy atom. The summed E-state index contributed by atoms with van der Waals surface area (Å²) in [6.07, 6.45) is 2.53. The van der Waals surface area contributed by atoms with Crippen LogP contribution in [0.15, 0.2) is 24.3 Å². The Kier molecular flexibility index (Phi) is 4.79. The molecule has 1 aromatic carbocycles. The second kappa shape index (κ2) is 6.35. The molecule has 1 fully saturated rings. The van der Waals surface area contributed by atoms with Crippen molar-refractivity contribution in [3.63, 3.8) is 0 Å². The highest BCUT2D eigenvalue weighted by Crippen LogP contribution is 2.22. The average molecular weight is 248 g/mol. The van der Waals surface area contributed by atoms with Crippen LogP contribution in [-0.2, 0) is 11.2 Å². The van der Waals surface area contributed by atoms with E-state index >= 15 is 0 Å². The molecule has 1 aliphatic heterocycles. The molecule has 1 saturated heterocycles. The molecule has 100 valence electrons. The van der Waals surface area contributed by atoms with Crippen LogP contribution in [0.1, 0.15) is 43.7 Å². The first-order chi connectivity index (χ1) is 8.66. The minimum atomic E-state index is -0.223. The summed E-state index contributed by atoms with van der Waals surface area (Å²) < 4.78 is 5.33. The SMILES string of the molecule is CC(C)c1ccc(CC(O)C2CCOCC2)cc1. The first-order valence-corrected chi connectivity index (χ1v) is 7.01. The Morgan fingerprint density at radius 1 is 1.17 bits per heavy atom. The number of ether oxygens (including phenoxy) is 1. The maximum absolute atomic E-state index is 10.3. The quantitative estimate of drug-likeness (QED) is 0.887.